The second-order valence-corrected chi connectivity index (χ2v) is 11.0. The van der Waals surface area contributed by atoms with E-state index < -0.39 is 23.7 Å². The van der Waals surface area contributed by atoms with Gasteiger partial charge in [-0.3, -0.25) is 9.59 Å². The first-order valence-electron chi connectivity index (χ1n) is 14.3. The number of hydrogen-bond donors (Lipinski definition) is 3. The van der Waals surface area contributed by atoms with Crippen LogP contribution in [0.4, 0.5) is 39.4 Å². The summed E-state index contributed by atoms with van der Waals surface area (Å²) in [6.07, 6.45) is -3.67. The zero-order valence-electron chi connectivity index (χ0n) is 24.5. The lowest BCUT2D eigenvalue weighted by Gasteiger charge is -2.26. The van der Waals surface area contributed by atoms with E-state index in [-0.39, 0.29) is 36.4 Å². The highest BCUT2D eigenvalue weighted by Gasteiger charge is 2.31. The van der Waals surface area contributed by atoms with Crippen LogP contribution in [-0.4, -0.2) is 48.9 Å². The maximum Gasteiger partial charge on any atom is 0.416 e. The van der Waals surface area contributed by atoms with Crippen molar-refractivity contribution in [3.05, 3.63) is 89.2 Å². The van der Waals surface area contributed by atoms with Crippen LogP contribution >= 0.6 is 0 Å². The van der Waals surface area contributed by atoms with Gasteiger partial charge in [0.15, 0.2) is 0 Å². The van der Waals surface area contributed by atoms with Gasteiger partial charge in [-0.2, -0.15) is 13.2 Å². The summed E-state index contributed by atoms with van der Waals surface area (Å²) in [7, 11) is 0. The first-order chi connectivity index (χ1) is 20.9. The number of nitrogens with one attached hydrogen (secondary N) is 3. The number of anilines is 3. The van der Waals surface area contributed by atoms with E-state index >= 15 is 0 Å². The first kappa shape index (κ1) is 32.3. The summed E-state index contributed by atoms with van der Waals surface area (Å²) in [6, 6.07) is 14.8. The highest BCUT2D eigenvalue weighted by molar-refractivity contribution is 6.02. The number of rotatable bonds is 8. The smallest absolute Gasteiger partial charge is 0.369 e. The van der Waals surface area contributed by atoms with Gasteiger partial charge in [0.05, 0.1) is 11.1 Å². The molecule has 1 aliphatic heterocycles. The van der Waals surface area contributed by atoms with Gasteiger partial charge in [0, 0.05) is 56.2 Å². The molecule has 3 N–H and O–H groups in total. The van der Waals surface area contributed by atoms with Gasteiger partial charge in [-0.25, -0.2) is 9.18 Å². The zero-order valence-corrected chi connectivity index (χ0v) is 24.5. The predicted octanol–water partition coefficient (Wildman–Crippen LogP) is 6.50. The molecule has 0 saturated carbocycles. The molecule has 1 aliphatic rings. The minimum absolute atomic E-state index is 0.0427. The van der Waals surface area contributed by atoms with Crippen LogP contribution in [0.1, 0.15) is 48.2 Å². The predicted molar refractivity (Wildman–Crippen MR) is 161 cm³/mol. The molecule has 0 atom stereocenters. The molecule has 12 heteroatoms. The normalized spacial score (nSPS) is 13.8. The Morgan fingerprint density at radius 2 is 1.59 bits per heavy atom. The average Bonchev–Trinajstić information content (AvgIpc) is 3.22. The molecule has 3 aromatic carbocycles. The molecule has 0 bridgehead atoms. The van der Waals surface area contributed by atoms with Gasteiger partial charge < -0.3 is 25.8 Å². The molecular weight excluding hydrogens is 578 g/mol. The summed E-state index contributed by atoms with van der Waals surface area (Å²) in [5.41, 5.74) is 1.27. The van der Waals surface area contributed by atoms with E-state index in [0.29, 0.717) is 55.0 Å². The first-order valence-corrected chi connectivity index (χ1v) is 14.3. The van der Waals surface area contributed by atoms with Gasteiger partial charge in [-0.15, -0.1) is 0 Å². The molecule has 1 heterocycles. The van der Waals surface area contributed by atoms with E-state index in [0.717, 1.165) is 12.1 Å². The largest absolute Gasteiger partial charge is 0.416 e. The number of hydrogen-bond acceptors (Lipinski definition) is 4. The van der Waals surface area contributed by atoms with Gasteiger partial charge in [-0.1, -0.05) is 32.0 Å². The molecule has 0 unspecified atom stereocenters. The topological polar surface area (TPSA) is 93.8 Å². The van der Waals surface area contributed by atoms with Crippen LogP contribution in [0, 0.1) is 11.7 Å². The van der Waals surface area contributed by atoms with Crippen molar-refractivity contribution in [1.82, 2.24) is 10.2 Å². The summed E-state index contributed by atoms with van der Waals surface area (Å²) in [5.74, 6) is -0.806. The van der Waals surface area contributed by atoms with E-state index in [4.69, 9.17) is 0 Å². The monoisotopic (exact) mass is 613 g/mol. The Balaban J connectivity index is 1.49. The number of carbonyl (C=O) groups is 3. The maximum atomic E-state index is 13.4. The van der Waals surface area contributed by atoms with Crippen molar-refractivity contribution in [3.63, 3.8) is 0 Å². The number of urea groups is 1. The number of amides is 4. The third-order valence-electron chi connectivity index (χ3n) is 7.05. The van der Waals surface area contributed by atoms with E-state index in [1.54, 1.807) is 30.3 Å². The fourth-order valence-corrected chi connectivity index (χ4v) is 4.87. The van der Waals surface area contributed by atoms with Crippen molar-refractivity contribution in [1.29, 1.82) is 0 Å². The van der Waals surface area contributed by atoms with E-state index in [9.17, 15) is 31.9 Å². The maximum absolute atomic E-state index is 13.4. The highest BCUT2D eigenvalue weighted by Crippen LogP contribution is 2.31. The third-order valence-corrected chi connectivity index (χ3v) is 7.05. The molecule has 4 amide bonds. The average molecular weight is 614 g/mol. The summed E-state index contributed by atoms with van der Waals surface area (Å²) >= 11 is 0. The molecule has 0 aromatic heterocycles. The Hall–Kier alpha value is -4.61. The summed E-state index contributed by atoms with van der Waals surface area (Å²) in [4.78, 5) is 42.3. The van der Waals surface area contributed by atoms with Crippen LogP contribution in [0.3, 0.4) is 0 Å². The molecule has 0 radical (unpaired) electrons. The Morgan fingerprint density at radius 1 is 0.864 bits per heavy atom. The zero-order chi connectivity index (χ0) is 31.9. The molecule has 44 heavy (non-hydrogen) atoms. The van der Waals surface area contributed by atoms with Gasteiger partial charge in [-0.05, 0) is 66.4 Å². The molecule has 3 aromatic rings. The second-order valence-electron chi connectivity index (χ2n) is 11.0. The number of halogens is 4. The van der Waals surface area contributed by atoms with Gasteiger partial charge in [0.25, 0.3) is 5.91 Å². The van der Waals surface area contributed by atoms with Gasteiger partial charge >= 0.3 is 12.2 Å². The number of carbonyl (C=O) groups excluding carboxylic acids is 3. The van der Waals surface area contributed by atoms with Gasteiger partial charge in [0.1, 0.15) is 5.82 Å². The van der Waals surface area contributed by atoms with Crippen LogP contribution < -0.4 is 20.9 Å². The van der Waals surface area contributed by atoms with Crippen molar-refractivity contribution in [3.8, 4) is 0 Å². The van der Waals surface area contributed by atoms with E-state index in [1.165, 1.54) is 29.2 Å². The lowest BCUT2D eigenvalue weighted by Crippen LogP contribution is -2.38. The Bertz CT molecular complexity index is 1480. The van der Waals surface area contributed by atoms with Crippen molar-refractivity contribution < 1.29 is 31.9 Å². The standard InChI is InChI=1S/C32H35F4N5O3/c1-21(2)17-29(42)38-26-11-12-28(27(19-26)30(43)37-20-22-7-9-24(33)10-8-22)40-13-4-14-41(16-15-40)31(44)39-25-6-3-5-23(18-25)32(34,35)36/h3,5-12,18-19,21H,4,13-17,20H2,1-2H3,(H,37,43)(H,38,42)(H,39,44). The Morgan fingerprint density at radius 3 is 2.30 bits per heavy atom. The van der Waals surface area contributed by atoms with Crippen LogP contribution in [0.2, 0.25) is 0 Å². The molecule has 0 spiro atoms. The highest BCUT2D eigenvalue weighted by atomic mass is 19.4. The minimum atomic E-state index is -4.53. The van der Waals surface area contributed by atoms with Crippen LogP contribution in [0.5, 0.6) is 0 Å². The Labute approximate surface area is 253 Å². The number of nitrogens with zero attached hydrogens (tertiary/aromatic N) is 2. The quantitative estimate of drug-likeness (QED) is 0.253. The molecule has 234 valence electrons. The fourth-order valence-electron chi connectivity index (χ4n) is 4.87. The molecule has 8 nitrogen and oxygen atoms in total. The van der Waals surface area contributed by atoms with E-state index in [1.807, 2.05) is 18.7 Å². The molecule has 4 rings (SSSR count). The number of benzene rings is 3. The molecule has 1 fully saturated rings. The van der Waals surface area contributed by atoms with Crippen molar-refractivity contribution in [2.24, 2.45) is 5.92 Å². The Kier molecular flexibility index (Phi) is 10.5. The number of alkyl halides is 3. The molecular formula is C32H35F4N5O3. The van der Waals surface area contributed by atoms with Crippen LogP contribution in [-0.2, 0) is 17.5 Å². The van der Waals surface area contributed by atoms with Gasteiger partial charge in [0.2, 0.25) is 5.91 Å². The fraction of sp³-hybridized carbons (Fsp3) is 0.344. The summed E-state index contributed by atoms with van der Waals surface area (Å²) in [5, 5.41) is 8.25. The molecule has 0 aliphatic carbocycles. The second kappa shape index (κ2) is 14.2. The molecule has 1 saturated heterocycles. The SMILES string of the molecule is CC(C)CC(=O)Nc1ccc(N2CCCN(C(=O)Nc3cccc(C(F)(F)F)c3)CC2)c(C(=O)NCc2ccc(F)cc2)c1. The van der Waals surface area contributed by atoms with Crippen molar-refractivity contribution in [2.75, 3.05) is 41.7 Å². The minimum Gasteiger partial charge on any atom is -0.369 e. The van der Waals surface area contributed by atoms with Crippen molar-refractivity contribution >= 4 is 34.9 Å². The lowest BCUT2D eigenvalue weighted by molar-refractivity contribution is -0.137. The van der Waals surface area contributed by atoms with Crippen LogP contribution in [0.15, 0.2) is 66.7 Å². The van der Waals surface area contributed by atoms with Crippen LogP contribution in [0.25, 0.3) is 0 Å². The third kappa shape index (κ3) is 8.95. The van der Waals surface area contributed by atoms with Crippen molar-refractivity contribution in [2.45, 2.75) is 39.4 Å². The summed E-state index contributed by atoms with van der Waals surface area (Å²) in [6.45, 7) is 5.49. The summed E-state index contributed by atoms with van der Waals surface area (Å²) < 4.78 is 52.6. The van der Waals surface area contributed by atoms with E-state index in [2.05, 4.69) is 16.0 Å². The lowest BCUT2D eigenvalue weighted by atomic mass is 10.1.